The van der Waals surface area contributed by atoms with Gasteiger partial charge < -0.3 is 23.4 Å². The fourth-order valence-electron chi connectivity index (χ4n) is 2.77. The summed E-state index contributed by atoms with van der Waals surface area (Å²) in [7, 11) is 4.33. The summed E-state index contributed by atoms with van der Waals surface area (Å²) in [6.45, 7) is 1.78. The molecule has 150 valence electrons. The van der Waals surface area contributed by atoms with Crippen molar-refractivity contribution in [3.8, 4) is 17.2 Å². The van der Waals surface area contributed by atoms with Crippen LogP contribution < -0.4 is 14.2 Å². The minimum absolute atomic E-state index is 0.102. The number of furan rings is 1. The Labute approximate surface area is 167 Å². The molecule has 1 aromatic heterocycles. The van der Waals surface area contributed by atoms with Gasteiger partial charge in [-0.2, -0.15) is 0 Å². The fraction of sp³-hybridized carbons (Fsp3) is 0.182. The van der Waals surface area contributed by atoms with Crippen molar-refractivity contribution < 1.29 is 33.0 Å². The van der Waals surface area contributed by atoms with E-state index in [-0.39, 0.29) is 11.5 Å². The Morgan fingerprint density at radius 1 is 0.966 bits per heavy atom. The molecule has 0 aliphatic carbocycles. The second kappa shape index (κ2) is 8.52. The van der Waals surface area contributed by atoms with Crippen molar-refractivity contribution in [2.45, 2.75) is 6.92 Å². The molecule has 0 unspecified atom stereocenters. The van der Waals surface area contributed by atoms with E-state index in [0.717, 1.165) is 5.39 Å². The van der Waals surface area contributed by atoms with Crippen LogP contribution in [0.5, 0.6) is 17.2 Å². The first-order chi connectivity index (χ1) is 14.0. The summed E-state index contributed by atoms with van der Waals surface area (Å²) in [5, 5.41) is 0.770. The lowest BCUT2D eigenvalue weighted by Crippen LogP contribution is -2.09. The van der Waals surface area contributed by atoms with Crippen molar-refractivity contribution in [1.29, 1.82) is 0 Å². The van der Waals surface area contributed by atoms with Crippen LogP contribution in [0.2, 0.25) is 0 Å². The van der Waals surface area contributed by atoms with Crippen LogP contribution in [0, 0.1) is 6.92 Å². The van der Waals surface area contributed by atoms with Crippen molar-refractivity contribution in [2.75, 3.05) is 21.3 Å². The number of carbonyl (C=O) groups is 2. The van der Waals surface area contributed by atoms with Crippen molar-refractivity contribution >= 4 is 29.0 Å². The summed E-state index contributed by atoms with van der Waals surface area (Å²) in [5.41, 5.74) is 1.89. The minimum atomic E-state index is -0.645. The Hall–Kier alpha value is -3.74. The van der Waals surface area contributed by atoms with Crippen LogP contribution in [0.1, 0.15) is 21.7 Å². The van der Waals surface area contributed by atoms with Gasteiger partial charge >= 0.3 is 11.9 Å². The molecule has 0 N–H and O–H groups in total. The van der Waals surface area contributed by atoms with E-state index in [0.29, 0.717) is 28.2 Å². The van der Waals surface area contributed by atoms with E-state index < -0.39 is 11.9 Å². The lowest BCUT2D eigenvalue weighted by molar-refractivity contribution is -0.134. The van der Waals surface area contributed by atoms with E-state index in [9.17, 15) is 9.59 Å². The molecular formula is C22H20O7. The predicted octanol–water partition coefficient (Wildman–Crippen LogP) is 4.16. The number of esters is 2. The molecule has 29 heavy (non-hydrogen) atoms. The summed E-state index contributed by atoms with van der Waals surface area (Å²) in [6.07, 6.45) is 2.85. The number of hydrogen-bond donors (Lipinski definition) is 0. The van der Waals surface area contributed by atoms with E-state index in [2.05, 4.69) is 4.74 Å². The number of aryl methyl sites for hydroxylation is 1. The topological polar surface area (TPSA) is 84.2 Å². The van der Waals surface area contributed by atoms with Crippen molar-refractivity contribution in [3.05, 3.63) is 59.4 Å². The zero-order valence-corrected chi connectivity index (χ0v) is 16.5. The van der Waals surface area contributed by atoms with E-state index in [1.807, 2.05) is 0 Å². The number of methoxy groups -OCH3 is 3. The van der Waals surface area contributed by atoms with Crippen molar-refractivity contribution in [1.82, 2.24) is 0 Å². The van der Waals surface area contributed by atoms with Crippen LogP contribution in [-0.4, -0.2) is 33.3 Å². The van der Waals surface area contributed by atoms with Gasteiger partial charge in [-0.3, -0.25) is 0 Å². The number of rotatable bonds is 6. The Bertz CT molecular complexity index is 1090. The van der Waals surface area contributed by atoms with Gasteiger partial charge in [-0.25, -0.2) is 9.59 Å². The summed E-state index contributed by atoms with van der Waals surface area (Å²) in [5.74, 6) is 0.208. The van der Waals surface area contributed by atoms with Gasteiger partial charge in [0.25, 0.3) is 0 Å². The van der Waals surface area contributed by atoms with Gasteiger partial charge in [0.05, 0.1) is 21.3 Å². The monoisotopic (exact) mass is 396 g/mol. The predicted molar refractivity (Wildman–Crippen MR) is 107 cm³/mol. The molecule has 1 heterocycles. The zero-order chi connectivity index (χ0) is 21.0. The summed E-state index contributed by atoms with van der Waals surface area (Å²) < 4.78 is 26.2. The first-order valence-corrected chi connectivity index (χ1v) is 8.70. The number of hydrogen-bond acceptors (Lipinski definition) is 7. The van der Waals surface area contributed by atoms with Crippen molar-refractivity contribution in [3.63, 3.8) is 0 Å². The third kappa shape index (κ3) is 4.24. The first-order valence-electron chi connectivity index (χ1n) is 8.70. The second-order valence-electron chi connectivity index (χ2n) is 6.07. The highest BCUT2D eigenvalue weighted by Crippen LogP contribution is 2.32. The maximum atomic E-state index is 12.7. The van der Waals surface area contributed by atoms with Crippen LogP contribution >= 0.6 is 0 Å². The zero-order valence-electron chi connectivity index (χ0n) is 16.5. The average molecular weight is 396 g/mol. The van der Waals surface area contributed by atoms with E-state index >= 15 is 0 Å². The molecule has 0 amide bonds. The van der Waals surface area contributed by atoms with Crippen LogP contribution in [0.25, 0.3) is 17.0 Å². The molecule has 0 bridgehead atoms. The maximum Gasteiger partial charge on any atom is 0.380 e. The largest absolute Gasteiger partial charge is 0.497 e. The van der Waals surface area contributed by atoms with E-state index in [1.165, 1.54) is 20.3 Å². The first kappa shape index (κ1) is 20.0. The highest BCUT2D eigenvalue weighted by Gasteiger charge is 2.21. The molecule has 0 atom stereocenters. The quantitative estimate of drug-likeness (QED) is 0.351. The second-order valence-corrected chi connectivity index (χ2v) is 6.07. The molecule has 0 spiro atoms. The maximum absolute atomic E-state index is 12.7. The molecule has 7 nitrogen and oxygen atoms in total. The molecule has 0 aliphatic rings. The normalized spacial score (nSPS) is 10.9. The highest BCUT2D eigenvalue weighted by atomic mass is 16.6. The van der Waals surface area contributed by atoms with Gasteiger partial charge in [-0.1, -0.05) is 6.07 Å². The summed E-state index contributed by atoms with van der Waals surface area (Å²) in [6, 6.07) is 10.2. The number of benzene rings is 2. The van der Waals surface area contributed by atoms with Gasteiger partial charge in [0.15, 0.2) is 11.5 Å². The van der Waals surface area contributed by atoms with Gasteiger partial charge in [-0.15, -0.1) is 0 Å². The molecule has 0 saturated carbocycles. The van der Waals surface area contributed by atoms with Gasteiger partial charge in [0.1, 0.15) is 11.3 Å². The van der Waals surface area contributed by atoms with Crippen molar-refractivity contribution in [2.24, 2.45) is 0 Å². The molecule has 0 saturated heterocycles. The minimum Gasteiger partial charge on any atom is -0.497 e. The molecule has 3 aromatic rings. The van der Waals surface area contributed by atoms with Gasteiger partial charge in [-0.05, 0) is 48.9 Å². The number of carbonyl (C=O) groups excluding carboxylic acids is 2. The van der Waals surface area contributed by atoms with Crippen LogP contribution in [-0.2, 0) is 9.53 Å². The van der Waals surface area contributed by atoms with Crippen LogP contribution in [0.3, 0.4) is 0 Å². The average Bonchev–Trinajstić information content (AvgIpc) is 3.08. The third-order valence-corrected chi connectivity index (χ3v) is 4.33. The molecule has 3 rings (SSSR count). The number of fused-ring (bicyclic) bond motifs is 1. The summed E-state index contributed by atoms with van der Waals surface area (Å²) in [4.78, 5) is 23.9. The Morgan fingerprint density at radius 2 is 1.76 bits per heavy atom. The third-order valence-electron chi connectivity index (χ3n) is 4.33. The molecule has 0 fully saturated rings. The SMILES string of the molecule is COC(=O)/C=C/c1ccc(OC(=O)c2oc3ccc(OC)cc3c2C)c(OC)c1. The Balaban J connectivity index is 1.87. The Kier molecular flexibility index (Phi) is 5.87. The standard InChI is InChI=1S/C22H20O7/c1-13-16-12-15(25-2)7-9-17(16)28-21(13)22(24)29-18-8-5-14(11-19(18)26-3)6-10-20(23)27-4/h5-12H,1-4H3/b10-6+. The highest BCUT2D eigenvalue weighted by molar-refractivity contribution is 5.97. The van der Waals surface area contributed by atoms with Crippen LogP contribution in [0.4, 0.5) is 0 Å². The van der Waals surface area contributed by atoms with E-state index in [4.69, 9.17) is 18.6 Å². The van der Waals surface area contributed by atoms with E-state index in [1.54, 1.807) is 56.5 Å². The molecule has 2 aromatic carbocycles. The lowest BCUT2D eigenvalue weighted by atomic mass is 10.1. The molecule has 7 heteroatoms. The smallest absolute Gasteiger partial charge is 0.380 e. The van der Waals surface area contributed by atoms with Gasteiger partial charge in [0, 0.05) is 17.0 Å². The summed E-state index contributed by atoms with van der Waals surface area (Å²) >= 11 is 0. The molecule has 0 aliphatic heterocycles. The van der Waals surface area contributed by atoms with Crippen LogP contribution in [0.15, 0.2) is 46.9 Å². The molecule has 0 radical (unpaired) electrons. The lowest BCUT2D eigenvalue weighted by Gasteiger charge is -2.09. The fourth-order valence-corrected chi connectivity index (χ4v) is 2.77. The molecular weight excluding hydrogens is 376 g/mol. The van der Waals surface area contributed by atoms with Gasteiger partial charge in [0.2, 0.25) is 5.76 Å². The number of ether oxygens (including phenoxy) is 4. The Morgan fingerprint density at radius 3 is 2.45 bits per heavy atom.